The van der Waals surface area contributed by atoms with Crippen molar-refractivity contribution in [3.63, 3.8) is 0 Å². The van der Waals surface area contributed by atoms with Gasteiger partial charge >= 0.3 is 0 Å². The number of carboxylic acids is 1. The monoisotopic (exact) mass is 221 g/mol. The van der Waals surface area contributed by atoms with Gasteiger partial charge in [0, 0.05) is 0 Å². The topological polar surface area (TPSA) is 57.9 Å². The highest BCUT2D eigenvalue weighted by molar-refractivity contribution is 6.32. The fraction of sp³-hybridized carbons (Fsp3) is 0. The molecule has 0 aliphatic heterocycles. The average Bonchev–Trinajstić information content (AvgIpc) is 2.61. The van der Waals surface area contributed by atoms with E-state index in [0.717, 1.165) is 0 Å². The number of hydrogen-bond donors (Lipinski definition) is 0. The molecule has 1 heterocycles. The quantitative estimate of drug-likeness (QED) is 0.757. The molecule has 0 amide bonds. The van der Waals surface area contributed by atoms with E-state index < -0.39 is 5.97 Å². The molecule has 0 radical (unpaired) electrons. The molecule has 2 aromatic rings. The van der Waals surface area contributed by atoms with Crippen LogP contribution in [0.25, 0.3) is 5.69 Å². The molecule has 0 bridgehead atoms. The smallest absolute Gasteiger partial charge is 0.141 e. The summed E-state index contributed by atoms with van der Waals surface area (Å²) in [7, 11) is 0. The molecule has 0 saturated heterocycles. The van der Waals surface area contributed by atoms with Crippen LogP contribution in [0.4, 0.5) is 0 Å². The van der Waals surface area contributed by atoms with Crippen molar-refractivity contribution in [2.75, 3.05) is 0 Å². The molecule has 0 unspecified atom stereocenters. The van der Waals surface area contributed by atoms with Crippen LogP contribution < -0.4 is 5.11 Å². The number of rotatable bonds is 2. The number of hydrogen-bond acceptors (Lipinski definition) is 3. The maximum Gasteiger partial charge on any atom is 0.141 e. The van der Waals surface area contributed by atoms with E-state index in [1.165, 1.54) is 10.9 Å². The Morgan fingerprint density at radius 2 is 2.00 bits per heavy atom. The molecule has 0 atom stereocenters. The number of para-hydroxylation sites is 1. The largest absolute Gasteiger partial charge is 0.545 e. The summed E-state index contributed by atoms with van der Waals surface area (Å²) in [6.45, 7) is 0. The second-order valence-electron chi connectivity index (χ2n) is 2.88. The van der Waals surface area contributed by atoms with Gasteiger partial charge in [0.1, 0.15) is 5.15 Å². The summed E-state index contributed by atoms with van der Waals surface area (Å²) < 4.78 is 1.34. The predicted octanol–water partition coefficient (Wildman–Crippen LogP) is 0.889. The number of carbonyl (C=O) groups excluding carboxylic acids is 1. The SMILES string of the molecule is O=C([O-])c1cnn(-c2ccccc2)c1Cl. The Kier molecular flexibility index (Phi) is 2.43. The van der Waals surface area contributed by atoms with E-state index in [-0.39, 0.29) is 10.7 Å². The molecule has 0 fully saturated rings. The predicted molar refractivity (Wildman–Crippen MR) is 52.9 cm³/mol. The maximum absolute atomic E-state index is 10.6. The summed E-state index contributed by atoms with van der Waals surface area (Å²) in [6.07, 6.45) is 1.17. The summed E-state index contributed by atoms with van der Waals surface area (Å²) in [5.74, 6) is -1.33. The fourth-order valence-corrected chi connectivity index (χ4v) is 1.49. The third-order valence-corrected chi connectivity index (χ3v) is 2.29. The van der Waals surface area contributed by atoms with Crippen LogP contribution in [0.2, 0.25) is 5.15 Å². The second-order valence-corrected chi connectivity index (χ2v) is 3.24. The lowest BCUT2D eigenvalue weighted by atomic mass is 10.3. The first kappa shape index (κ1) is 9.73. The van der Waals surface area contributed by atoms with Gasteiger partial charge in [0.15, 0.2) is 0 Å². The zero-order chi connectivity index (χ0) is 10.8. The molecule has 0 saturated carbocycles. The fourth-order valence-electron chi connectivity index (χ4n) is 1.22. The van der Waals surface area contributed by atoms with Gasteiger partial charge < -0.3 is 9.90 Å². The van der Waals surface area contributed by atoms with Gasteiger partial charge in [-0.05, 0) is 12.1 Å². The molecule has 5 heteroatoms. The van der Waals surface area contributed by atoms with Gasteiger partial charge in [0.05, 0.1) is 23.4 Å². The molecule has 76 valence electrons. The minimum Gasteiger partial charge on any atom is -0.545 e. The molecule has 2 rings (SSSR count). The number of carbonyl (C=O) groups is 1. The minimum atomic E-state index is -1.33. The van der Waals surface area contributed by atoms with E-state index in [9.17, 15) is 9.90 Å². The molecule has 0 aliphatic rings. The van der Waals surface area contributed by atoms with Crippen LogP contribution in [0.3, 0.4) is 0 Å². The summed E-state index contributed by atoms with van der Waals surface area (Å²) in [4.78, 5) is 10.6. The number of benzene rings is 1. The van der Waals surface area contributed by atoms with Gasteiger partial charge in [0.2, 0.25) is 0 Å². The maximum atomic E-state index is 10.6. The van der Waals surface area contributed by atoms with Gasteiger partial charge in [-0.25, -0.2) is 4.68 Å². The zero-order valence-electron chi connectivity index (χ0n) is 7.55. The van der Waals surface area contributed by atoms with Gasteiger partial charge in [-0.3, -0.25) is 0 Å². The van der Waals surface area contributed by atoms with Crippen LogP contribution >= 0.6 is 11.6 Å². The van der Waals surface area contributed by atoms with E-state index in [2.05, 4.69) is 5.10 Å². The average molecular weight is 222 g/mol. The molecule has 0 aliphatic carbocycles. The summed E-state index contributed by atoms with van der Waals surface area (Å²) >= 11 is 5.83. The Hall–Kier alpha value is -1.81. The second kappa shape index (κ2) is 3.74. The van der Waals surface area contributed by atoms with E-state index in [4.69, 9.17) is 11.6 Å². The standard InChI is InChI=1S/C10H7ClN2O2/c11-9-8(10(14)15)6-12-13(9)7-4-2-1-3-5-7/h1-6H,(H,14,15)/p-1. The lowest BCUT2D eigenvalue weighted by molar-refractivity contribution is -0.255. The van der Waals surface area contributed by atoms with Crippen molar-refractivity contribution >= 4 is 17.6 Å². The van der Waals surface area contributed by atoms with Crippen LogP contribution in [0.1, 0.15) is 10.4 Å². The Labute approximate surface area is 90.7 Å². The Balaban J connectivity index is 2.52. The highest BCUT2D eigenvalue weighted by Gasteiger charge is 2.09. The Morgan fingerprint density at radius 1 is 1.33 bits per heavy atom. The van der Waals surface area contributed by atoms with Crippen molar-refractivity contribution in [2.24, 2.45) is 0 Å². The van der Waals surface area contributed by atoms with Crippen LogP contribution in [-0.2, 0) is 0 Å². The minimum absolute atomic E-state index is 0.0428. The molecule has 0 N–H and O–H groups in total. The molecule has 1 aromatic heterocycles. The normalized spacial score (nSPS) is 10.2. The summed E-state index contributed by atoms with van der Waals surface area (Å²) in [5, 5.41) is 14.5. The molecule has 1 aromatic carbocycles. The Morgan fingerprint density at radius 3 is 2.53 bits per heavy atom. The van der Waals surface area contributed by atoms with Crippen LogP contribution in [0.5, 0.6) is 0 Å². The third-order valence-electron chi connectivity index (χ3n) is 1.93. The lowest BCUT2D eigenvalue weighted by Crippen LogP contribution is -2.22. The number of carboxylic acid groups (broad SMARTS) is 1. The van der Waals surface area contributed by atoms with Gasteiger partial charge in [-0.15, -0.1) is 0 Å². The molecule has 15 heavy (non-hydrogen) atoms. The first-order valence-corrected chi connectivity index (χ1v) is 4.58. The molecular formula is C10H6ClN2O2-. The molecule has 0 spiro atoms. The summed E-state index contributed by atoms with van der Waals surface area (Å²) in [6, 6.07) is 9.02. The van der Waals surface area contributed by atoms with Crippen molar-refractivity contribution in [2.45, 2.75) is 0 Å². The first-order chi connectivity index (χ1) is 7.20. The molecule has 4 nitrogen and oxygen atoms in total. The lowest BCUT2D eigenvalue weighted by Gasteiger charge is -2.03. The van der Waals surface area contributed by atoms with Crippen molar-refractivity contribution in [3.8, 4) is 5.69 Å². The number of aromatic nitrogens is 2. The van der Waals surface area contributed by atoms with E-state index in [1.54, 1.807) is 12.1 Å². The van der Waals surface area contributed by atoms with Crippen molar-refractivity contribution in [1.82, 2.24) is 9.78 Å². The third kappa shape index (κ3) is 1.71. The number of aromatic carboxylic acids is 1. The van der Waals surface area contributed by atoms with Gasteiger partial charge in [-0.2, -0.15) is 5.10 Å². The first-order valence-electron chi connectivity index (χ1n) is 4.20. The van der Waals surface area contributed by atoms with Crippen LogP contribution in [-0.4, -0.2) is 15.7 Å². The molecular weight excluding hydrogens is 216 g/mol. The zero-order valence-corrected chi connectivity index (χ0v) is 8.31. The Bertz CT molecular complexity index is 493. The van der Waals surface area contributed by atoms with E-state index in [0.29, 0.717) is 5.69 Å². The number of nitrogens with zero attached hydrogens (tertiary/aromatic N) is 2. The summed E-state index contributed by atoms with van der Waals surface area (Å²) in [5.41, 5.74) is 0.593. The van der Waals surface area contributed by atoms with E-state index >= 15 is 0 Å². The highest BCUT2D eigenvalue weighted by atomic mass is 35.5. The van der Waals surface area contributed by atoms with Crippen molar-refractivity contribution in [1.29, 1.82) is 0 Å². The van der Waals surface area contributed by atoms with E-state index in [1.807, 2.05) is 18.2 Å². The van der Waals surface area contributed by atoms with Crippen LogP contribution in [0.15, 0.2) is 36.5 Å². The van der Waals surface area contributed by atoms with Gasteiger partial charge in [0.25, 0.3) is 0 Å². The number of halogens is 1. The highest BCUT2D eigenvalue weighted by Crippen LogP contribution is 2.19. The van der Waals surface area contributed by atoms with Crippen molar-refractivity contribution in [3.05, 3.63) is 47.2 Å². The van der Waals surface area contributed by atoms with Crippen molar-refractivity contribution < 1.29 is 9.90 Å². The van der Waals surface area contributed by atoms with Crippen LogP contribution in [0, 0.1) is 0 Å². The van der Waals surface area contributed by atoms with Gasteiger partial charge in [-0.1, -0.05) is 29.8 Å².